The van der Waals surface area contributed by atoms with Crippen LogP contribution in [0.3, 0.4) is 0 Å². The van der Waals surface area contributed by atoms with Gasteiger partial charge in [-0.05, 0) is 152 Å². The van der Waals surface area contributed by atoms with Gasteiger partial charge in [0.1, 0.15) is 0 Å². The molecule has 0 atom stereocenters. The fourth-order valence-electron chi connectivity index (χ4n) is 7.74. The first kappa shape index (κ1) is 36.1. The van der Waals surface area contributed by atoms with Crippen molar-refractivity contribution in [2.75, 3.05) is 19.6 Å². The summed E-state index contributed by atoms with van der Waals surface area (Å²) in [6, 6.07) is 79.6. The molecule has 0 saturated heterocycles. The van der Waals surface area contributed by atoms with Crippen LogP contribution in [-0.4, -0.2) is 0 Å². The maximum absolute atomic E-state index is 2.38. The van der Waals surface area contributed by atoms with E-state index in [1.807, 2.05) is 0 Å². The molecule has 0 saturated carbocycles. The zero-order chi connectivity index (χ0) is 38.9. The molecule has 58 heavy (non-hydrogen) atoms. The molecule has 8 aromatic rings. The van der Waals surface area contributed by atoms with Gasteiger partial charge in [-0.1, -0.05) is 103 Å². The maximum atomic E-state index is 2.38. The van der Waals surface area contributed by atoms with Crippen LogP contribution in [0.15, 0.2) is 248 Å². The molecular weight excluding hydrogens is 705 g/mol. The smallest absolute Gasteiger partial charge is 0.0463 e. The molecule has 1 aliphatic rings. The summed E-state index contributed by atoms with van der Waals surface area (Å²) in [4.78, 5) is 9.32. The summed E-state index contributed by atoms with van der Waals surface area (Å²) in [6.07, 6.45) is 8.67. The second kappa shape index (κ2) is 17.1. The normalized spacial score (nSPS) is 12.0. The van der Waals surface area contributed by atoms with Crippen LogP contribution in [0.5, 0.6) is 0 Å². The van der Waals surface area contributed by atoms with Crippen LogP contribution in [0.4, 0.5) is 62.6 Å². The molecule has 0 bridgehead atoms. The second-order valence-electron chi connectivity index (χ2n) is 14.2. The average molecular weight is 749 g/mol. The first-order valence-corrected chi connectivity index (χ1v) is 19.9. The molecular formula is C54H44N4. The van der Waals surface area contributed by atoms with Crippen molar-refractivity contribution in [3.8, 4) is 0 Å². The molecule has 0 amide bonds. The quantitative estimate of drug-likeness (QED) is 0.123. The maximum Gasteiger partial charge on any atom is 0.0463 e. The summed E-state index contributed by atoms with van der Waals surface area (Å²) in [7, 11) is 0. The Morgan fingerprint density at radius 1 is 0.241 bits per heavy atom. The molecule has 4 heteroatoms. The molecule has 0 aromatic heterocycles. The van der Waals surface area contributed by atoms with Crippen LogP contribution in [0.25, 0.3) is 0 Å². The number of hydrogen-bond acceptors (Lipinski definition) is 4. The first-order valence-electron chi connectivity index (χ1n) is 19.9. The van der Waals surface area contributed by atoms with Crippen LogP contribution in [0, 0.1) is 0 Å². The fourth-order valence-corrected chi connectivity index (χ4v) is 7.74. The van der Waals surface area contributed by atoms with Gasteiger partial charge in [-0.3, -0.25) is 0 Å². The highest BCUT2D eigenvalue weighted by Gasteiger charge is 2.20. The predicted molar refractivity (Wildman–Crippen MR) is 246 cm³/mol. The van der Waals surface area contributed by atoms with Crippen molar-refractivity contribution in [2.24, 2.45) is 0 Å². The molecule has 9 rings (SSSR count). The highest BCUT2D eigenvalue weighted by Crippen LogP contribution is 2.42. The first-order chi connectivity index (χ1) is 28.8. The minimum absolute atomic E-state index is 0.990. The Kier molecular flexibility index (Phi) is 10.6. The molecule has 0 aliphatic heterocycles. The van der Waals surface area contributed by atoms with Gasteiger partial charge >= 0.3 is 0 Å². The van der Waals surface area contributed by atoms with Gasteiger partial charge in [0.25, 0.3) is 0 Å². The third-order valence-electron chi connectivity index (χ3n) is 10.4. The van der Waals surface area contributed by atoms with Crippen LogP contribution >= 0.6 is 0 Å². The molecule has 0 heterocycles. The number of allylic oxidation sites excluding steroid dienone is 4. The van der Waals surface area contributed by atoms with Gasteiger partial charge in [0.2, 0.25) is 0 Å². The van der Waals surface area contributed by atoms with Gasteiger partial charge in [-0.2, -0.15) is 0 Å². The van der Waals surface area contributed by atoms with E-state index in [0.717, 1.165) is 75.4 Å². The third-order valence-corrected chi connectivity index (χ3v) is 10.4. The lowest BCUT2D eigenvalue weighted by Crippen LogP contribution is -2.17. The lowest BCUT2D eigenvalue weighted by Gasteiger charge is -2.31. The number of hydrogen-bond donors (Lipinski definition) is 0. The van der Waals surface area contributed by atoms with Crippen molar-refractivity contribution in [1.29, 1.82) is 0 Å². The summed E-state index contributed by atoms with van der Waals surface area (Å²) in [5, 5.41) is 0. The van der Waals surface area contributed by atoms with E-state index in [4.69, 9.17) is 0 Å². The van der Waals surface area contributed by atoms with Crippen LogP contribution < -0.4 is 19.6 Å². The lowest BCUT2D eigenvalue weighted by molar-refractivity contribution is 0.917. The molecule has 0 fully saturated rings. The molecule has 0 unspecified atom stereocenters. The fraction of sp³-hybridized carbons (Fsp3) is 0.0370. The summed E-state index contributed by atoms with van der Waals surface area (Å²) >= 11 is 0. The van der Waals surface area contributed by atoms with Crippen LogP contribution in [0.1, 0.15) is 12.8 Å². The van der Waals surface area contributed by atoms with Crippen molar-refractivity contribution in [2.45, 2.75) is 12.8 Å². The SMILES string of the molecule is C1=CCCC(N(c2ccccc2)c2ccc(N(c3ccc(N(c4ccccc4)c4ccccc4)cc3)c3ccc(N(c4ccccc4)c4ccccc4)cc3)cc2)=C1. The molecule has 8 aromatic carbocycles. The number of benzene rings is 8. The standard InChI is InChI=1S/C54H44N4/c1-7-19-43(20-8-1)55(44-21-9-2-10-22-44)49-31-37-52(38-32-49)58(53-39-33-50(34-40-53)56(45-23-11-3-12-24-45)46-25-13-4-14-26-46)54-41-35-51(36-42-54)57(47-27-15-5-16-28-47)48-29-17-6-18-30-48/h1-17,19-29,31-42H,18,30H2. The highest BCUT2D eigenvalue weighted by atomic mass is 15.2. The minimum atomic E-state index is 0.990. The van der Waals surface area contributed by atoms with E-state index in [9.17, 15) is 0 Å². The van der Waals surface area contributed by atoms with Crippen LogP contribution in [0.2, 0.25) is 0 Å². The highest BCUT2D eigenvalue weighted by molar-refractivity contribution is 5.84. The van der Waals surface area contributed by atoms with Crippen molar-refractivity contribution >= 4 is 62.6 Å². The van der Waals surface area contributed by atoms with E-state index in [1.54, 1.807) is 0 Å². The van der Waals surface area contributed by atoms with Crippen molar-refractivity contribution in [1.82, 2.24) is 0 Å². The zero-order valence-corrected chi connectivity index (χ0v) is 32.3. The van der Waals surface area contributed by atoms with Gasteiger partial charge in [0, 0.05) is 68.3 Å². The van der Waals surface area contributed by atoms with Crippen molar-refractivity contribution in [3.63, 3.8) is 0 Å². The minimum Gasteiger partial charge on any atom is -0.314 e. The Morgan fingerprint density at radius 2 is 0.466 bits per heavy atom. The molecule has 0 spiro atoms. The molecule has 4 nitrogen and oxygen atoms in total. The molecule has 280 valence electrons. The van der Waals surface area contributed by atoms with E-state index >= 15 is 0 Å². The zero-order valence-electron chi connectivity index (χ0n) is 32.3. The Balaban J connectivity index is 1.12. The van der Waals surface area contributed by atoms with E-state index in [-0.39, 0.29) is 0 Å². The number of para-hydroxylation sites is 5. The number of rotatable bonds is 12. The monoisotopic (exact) mass is 748 g/mol. The largest absolute Gasteiger partial charge is 0.314 e. The topological polar surface area (TPSA) is 13.0 Å². The molecule has 0 radical (unpaired) electrons. The van der Waals surface area contributed by atoms with Crippen LogP contribution in [-0.2, 0) is 0 Å². The van der Waals surface area contributed by atoms with Gasteiger partial charge in [-0.15, -0.1) is 0 Å². The number of anilines is 11. The van der Waals surface area contributed by atoms with Gasteiger partial charge in [0.05, 0.1) is 0 Å². The summed E-state index contributed by atoms with van der Waals surface area (Å²) in [5.74, 6) is 0. The predicted octanol–water partition coefficient (Wildman–Crippen LogP) is 15.5. The van der Waals surface area contributed by atoms with E-state index in [0.29, 0.717) is 0 Å². The van der Waals surface area contributed by atoms with E-state index < -0.39 is 0 Å². The Morgan fingerprint density at radius 3 is 0.707 bits per heavy atom. The number of nitrogens with zero attached hydrogens (tertiary/aromatic N) is 4. The summed E-state index contributed by atoms with van der Waals surface area (Å²) in [5.41, 5.74) is 13.4. The van der Waals surface area contributed by atoms with Gasteiger partial charge in [0.15, 0.2) is 0 Å². The van der Waals surface area contributed by atoms with Crippen molar-refractivity contribution in [3.05, 3.63) is 248 Å². The third kappa shape index (κ3) is 7.77. The molecule has 0 N–H and O–H groups in total. The molecule has 1 aliphatic carbocycles. The Hall–Kier alpha value is -7.56. The lowest BCUT2D eigenvalue weighted by atomic mass is 10.1. The summed E-state index contributed by atoms with van der Waals surface area (Å²) in [6.45, 7) is 0. The second-order valence-corrected chi connectivity index (χ2v) is 14.2. The van der Waals surface area contributed by atoms with Gasteiger partial charge in [-0.25, -0.2) is 0 Å². The average Bonchev–Trinajstić information content (AvgIpc) is 3.30. The van der Waals surface area contributed by atoms with E-state index in [2.05, 4.69) is 262 Å². The van der Waals surface area contributed by atoms with Gasteiger partial charge < -0.3 is 19.6 Å². The van der Waals surface area contributed by atoms with E-state index in [1.165, 1.54) is 5.70 Å². The summed E-state index contributed by atoms with van der Waals surface area (Å²) < 4.78 is 0. The van der Waals surface area contributed by atoms with Crippen molar-refractivity contribution < 1.29 is 0 Å². The Labute approximate surface area is 342 Å². The Bertz CT molecular complexity index is 2370.